The number of benzene rings is 1. The van der Waals surface area contributed by atoms with Gasteiger partial charge in [-0.1, -0.05) is 24.7 Å². The van der Waals surface area contributed by atoms with Gasteiger partial charge in [-0.25, -0.2) is 4.98 Å². The van der Waals surface area contributed by atoms with E-state index in [1.54, 1.807) is 0 Å². The number of fused-ring (bicyclic) bond motifs is 1. The molecule has 1 aromatic heterocycles. The summed E-state index contributed by atoms with van der Waals surface area (Å²) >= 11 is 1.54. The fraction of sp³-hybridized carbons (Fsp3) is 0.429. The van der Waals surface area contributed by atoms with Gasteiger partial charge in [0.15, 0.2) is 5.13 Å². The van der Waals surface area contributed by atoms with E-state index in [-0.39, 0.29) is 5.91 Å². The van der Waals surface area contributed by atoms with E-state index < -0.39 is 0 Å². The first-order valence-electron chi connectivity index (χ1n) is 6.27. The van der Waals surface area contributed by atoms with Crippen molar-refractivity contribution in [3.8, 4) is 0 Å². The second-order valence-electron chi connectivity index (χ2n) is 4.57. The highest BCUT2D eigenvalue weighted by atomic mass is 32.1. The largest absolute Gasteiger partial charge is 0.302 e. The van der Waals surface area contributed by atoms with Crippen LogP contribution in [0, 0.1) is 13.8 Å². The SMILES string of the molecule is CCCCC(=O)Nc1nc2cc(C)c(C)cc2s1. The van der Waals surface area contributed by atoms with Crippen LogP contribution in [-0.4, -0.2) is 10.9 Å². The molecule has 0 radical (unpaired) electrons. The lowest BCUT2D eigenvalue weighted by molar-refractivity contribution is -0.116. The summed E-state index contributed by atoms with van der Waals surface area (Å²) in [5.74, 6) is 0.0596. The minimum atomic E-state index is 0.0596. The molecular weight excluding hydrogens is 244 g/mol. The van der Waals surface area contributed by atoms with E-state index in [1.165, 1.54) is 22.5 Å². The number of carbonyl (C=O) groups is 1. The molecule has 0 aliphatic carbocycles. The zero-order valence-corrected chi connectivity index (χ0v) is 11.9. The van der Waals surface area contributed by atoms with E-state index in [1.807, 2.05) is 0 Å². The van der Waals surface area contributed by atoms with Gasteiger partial charge in [-0.05, 0) is 43.5 Å². The topological polar surface area (TPSA) is 42.0 Å². The Morgan fingerprint density at radius 3 is 2.78 bits per heavy atom. The van der Waals surface area contributed by atoms with Gasteiger partial charge in [0.2, 0.25) is 5.91 Å². The van der Waals surface area contributed by atoms with Crippen molar-refractivity contribution in [1.29, 1.82) is 0 Å². The molecule has 0 saturated carbocycles. The number of anilines is 1. The maximum Gasteiger partial charge on any atom is 0.226 e. The maximum absolute atomic E-state index is 11.6. The zero-order valence-electron chi connectivity index (χ0n) is 11.0. The molecule has 1 amide bonds. The highest BCUT2D eigenvalue weighted by Crippen LogP contribution is 2.28. The van der Waals surface area contributed by atoms with E-state index in [0.717, 1.165) is 23.1 Å². The van der Waals surface area contributed by atoms with Crippen molar-refractivity contribution in [3.63, 3.8) is 0 Å². The lowest BCUT2D eigenvalue weighted by Gasteiger charge is -1.98. The third-order valence-electron chi connectivity index (χ3n) is 3.01. The molecule has 0 saturated heterocycles. The van der Waals surface area contributed by atoms with Gasteiger partial charge in [0.1, 0.15) is 0 Å². The van der Waals surface area contributed by atoms with Crippen LogP contribution in [0.1, 0.15) is 37.3 Å². The normalized spacial score (nSPS) is 10.8. The summed E-state index contributed by atoms with van der Waals surface area (Å²) in [5, 5.41) is 3.58. The van der Waals surface area contributed by atoms with Crippen molar-refractivity contribution in [2.24, 2.45) is 0 Å². The highest BCUT2D eigenvalue weighted by Gasteiger charge is 2.08. The molecule has 96 valence electrons. The smallest absolute Gasteiger partial charge is 0.226 e. The Labute approximate surface area is 111 Å². The summed E-state index contributed by atoms with van der Waals surface area (Å²) in [5.41, 5.74) is 3.46. The van der Waals surface area contributed by atoms with Gasteiger partial charge in [-0.15, -0.1) is 0 Å². The monoisotopic (exact) mass is 262 g/mol. The third kappa shape index (κ3) is 2.88. The molecule has 2 aromatic rings. The van der Waals surface area contributed by atoms with E-state index in [9.17, 15) is 4.79 Å². The molecular formula is C14H18N2OS. The van der Waals surface area contributed by atoms with Crippen molar-refractivity contribution in [2.75, 3.05) is 5.32 Å². The van der Waals surface area contributed by atoms with Gasteiger partial charge in [0.25, 0.3) is 0 Å². The van der Waals surface area contributed by atoms with Crippen LogP contribution in [-0.2, 0) is 4.79 Å². The molecule has 0 aliphatic rings. The molecule has 0 unspecified atom stereocenters. The Balaban J connectivity index is 2.17. The Bertz CT molecular complexity index is 535. The van der Waals surface area contributed by atoms with Crippen molar-refractivity contribution in [2.45, 2.75) is 40.0 Å². The van der Waals surface area contributed by atoms with Crippen LogP contribution in [0.25, 0.3) is 10.2 Å². The van der Waals surface area contributed by atoms with Crippen LogP contribution < -0.4 is 5.32 Å². The summed E-state index contributed by atoms with van der Waals surface area (Å²) in [7, 11) is 0. The van der Waals surface area contributed by atoms with Crippen molar-refractivity contribution >= 4 is 32.6 Å². The van der Waals surface area contributed by atoms with E-state index >= 15 is 0 Å². The molecule has 1 N–H and O–H groups in total. The van der Waals surface area contributed by atoms with Gasteiger partial charge in [0, 0.05) is 6.42 Å². The number of nitrogens with one attached hydrogen (secondary N) is 1. The lowest BCUT2D eigenvalue weighted by atomic mass is 10.1. The van der Waals surface area contributed by atoms with E-state index in [2.05, 4.69) is 43.2 Å². The Morgan fingerprint density at radius 1 is 1.33 bits per heavy atom. The summed E-state index contributed by atoms with van der Waals surface area (Å²) in [6, 6.07) is 4.20. The van der Waals surface area contributed by atoms with Crippen LogP contribution in [0.2, 0.25) is 0 Å². The lowest BCUT2D eigenvalue weighted by Crippen LogP contribution is -2.10. The molecule has 2 rings (SSSR count). The first-order chi connectivity index (χ1) is 8.60. The predicted molar refractivity (Wildman–Crippen MR) is 77.2 cm³/mol. The predicted octanol–water partition coefficient (Wildman–Crippen LogP) is 4.04. The van der Waals surface area contributed by atoms with Gasteiger partial charge < -0.3 is 5.32 Å². The van der Waals surface area contributed by atoms with Crippen LogP contribution in [0.15, 0.2) is 12.1 Å². The third-order valence-corrected chi connectivity index (χ3v) is 3.94. The average Bonchev–Trinajstić information content (AvgIpc) is 2.68. The molecule has 3 nitrogen and oxygen atoms in total. The first-order valence-corrected chi connectivity index (χ1v) is 7.09. The molecule has 0 aliphatic heterocycles. The minimum absolute atomic E-state index is 0.0596. The van der Waals surface area contributed by atoms with Crippen molar-refractivity contribution in [1.82, 2.24) is 4.98 Å². The number of aromatic nitrogens is 1. The molecule has 0 fully saturated rings. The number of hydrogen-bond acceptors (Lipinski definition) is 3. The standard InChI is InChI=1S/C14H18N2OS/c1-4-5-6-13(17)16-14-15-11-7-9(2)10(3)8-12(11)18-14/h7-8H,4-6H2,1-3H3,(H,15,16,17). The number of thiazole rings is 1. The number of aryl methyl sites for hydroxylation is 2. The summed E-state index contributed by atoms with van der Waals surface area (Å²) in [4.78, 5) is 16.1. The first kappa shape index (κ1) is 13.0. The second-order valence-corrected chi connectivity index (χ2v) is 5.61. The summed E-state index contributed by atoms with van der Waals surface area (Å²) in [6.45, 7) is 6.25. The Hall–Kier alpha value is -1.42. The summed E-state index contributed by atoms with van der Waals surface area (Å²) in [6.07, 6.45) is 2.53. The number of amides is 1. The van der Waals surface area contributed by atoms with E-state index in [4.69, 9.17) is 0 Å². The van der Waals surface area contributed by atoms with Crippen LogP contribution in [0.4, 0.5) is 5.13 Å². The number of hydrogen-bond donors (Lipinski definition) is 1. The molecule has 4 heteroatoms. The molecule has 18 heavy (non-hydrogen) atoms. The fourth-order valence-corrected chi connectivity index (χ4v) is 2.71. The molecule has 0 atom stereocenters. The highest BCUT2D eigenvalue weighted by molar-refractivity contribution is 7.22. The summed E-state index contributed by atoms with van der Waals surface area (Å²) < 4.78 is 1.13. The van der Waals surface area contributed by atoms with Crippen LogP contribution >= 0.6 is 11.3 Å². The van der Waals surface area contributed by atoms with Crippen LogP contribution in [0.5, 0.6) is 0 Å². The number of unbranched alkanes of at least 4 members (excludes halogenated alkanes) is 1. The van der Waals surface area contributed by atoms with Gasteiger partial charge in [-0.3, -0.25) is 4.79 Å². The van der Waals surface area contributed by atoms with Crippen LogP contribution in [0.3, 0.4) is 0 Å². The number of rotatable bonds is 4. The van der Waals surface area contributed by atoms with Gasteiger partial charge in [0.05, 0.1) is 10.2 Å². The number of carbonyl (C=O) groups excluding carboxylic acids is 1. The van der Waals surface area contributed by atoms with Gasteiger partial charge in [-0.2, -0.15) is 0 Å². The Kier molecular flexibility index (Phi) is 3.97. The Morgan fingerprint density at radius 2 is 2.06 bits per heavy atom. The molecule has 0 spiro atoms. The number of nitrogens with zero attached hydrogens (tertiary/aromatic N) is 1. The quantitative estimate of drug-likeness (QED) is 0.903. The molecule has 1 heterocycles. The maximum atomic E-state index is 11.6. The van der Waals surface area contributed by atoms with E-state index in [0.29, 0.717) is 11.6 Å². The molecule has 0 bridgehead atoms. The van der Waals surface area contributed by atoms with Gasteiger partial charge >= 0.3 is 0 Å². The van der Waals surface area contributed by atoms with Crippen molar-refractivity contribution < 1.29 is 4.79 Å². The van der Waals surface area contributed by atoms with Crippen molar-refractivity contribution in [3.05, 3.63) is 23.3 Å². The molecule has 1 aromatic carbocycles. The zero-order chi connectivity index (χ0) is 13.1. The second kappa shape index (κ2) is 5.48. The fourth-order valence-electron chi connectivity index (χ4n) is 1.75. The average molecular weight is 262 g/mol. The minimum Gasteiger partial charge on any atom is -0.302 e.